The highest BCUT2D eigenvalue weighted by Crippen LogP contribution is 2.18. The van der Waals surface area contributed by atoms with Crippen molar-refractivity contribution in [3.63, 3.8) is 0 Å². The maximum Gasteiger partial charge on any atom is 0.226 e. The lowest BCUT2D eigenvalue weighted by Gasteiger charge is -1.98. The van der Waals surface area contributed by atoms with Gasteiger partial charge in [-0.05, 0) is 30.0 Å². The van der Waals surface area contributed by atoms with Crippen LogP contribution in [0.1, 0.15) is 10.6 Å². The molecule has 0 N–H and O–H groups in total. The summed E-state index contributed by atoms with van der Waals surface area (Å²) in [7, 11) is -0.915. The van der Waals surface area contributed by atoms with E-state index in [0.717, 1.165) is 17.7 Å². The highest BCUT2D eigenvalue weighted by Gasteiger charge is 2.09. The van der Waals surface area contributed by atoms with Crippen LogP contribution in [-0.2, 0) is 23.0 Å². The zero-order valence-corrected chi connectivity index (χ0v) is 13.0. The van der Waals surface area contributed by atoms with E-state index >= 15 is 0 Å². The number of aryl methyl sites for hydroxylation is 1. The molecule has 0 aliphatic carbocycles. The van der Waals surface area contributed by atoms with Gasteiger partial charge in [0.2, 0.25) is 5.89 Å². The van der Waals surface area contributed by atoms with Crippen LogP contribution >= 0.6 is 11.3 Å². The molecule has 0 saturated carbocycles. The van der Waals surface area contributed by atoms with Gasteiger partial charge in [0.15, 0.2) is 0 Å². The number of oxazole rings is 1. The fourth-order valence-corrected chi connectivity index (χ4v) is 3.89. The average Bonchev–Trinajstić information content (AvgIpc) is 3.17. The number of nitrogens with zero attached hydrogens (tertiary/aromatic N) is 1. The van der Waals surface area contributed by atoms with Gasteiger partial charge >= 0.3 is 0 Å². The molecule has 0 radical (unpaired) electrons. The van der Waals surface area contributed by atoms with E-state index in [0.29, 0.717) is 17.4 Å². The maximum absolute atomic E-state index is 12.1. The Morgan fingerprint density at radius 2 is 2.00 bits per heavy atom. The zero-order valence-electron chi connectivity index (χ0n) is 11.4. The average molecular weight is 317 g/mol. The van der Waals surface area contributed by atoms with Crippen molar-refractivity contribution in [1.29, 1.82) is 0 Å². The Kier molecular flexibility index (Phi) is 4.62. The molecule has 1 aromatic carbocycles. The molecule has 0 aliphatic rings. The number of aromatic nitrogens is 1. The first-order valence-electron chi connectivity index (χ1n) is 6.68. The Hall–Kier alpha value is -1.72. The summed E-state index contributed by atoms with van der Waals surface area (Å²) in [4.78, 5) is 5.68. The van der Waals surface area contributed by atoms with Crippen molar-refractivity contribution in [2.45, 2.75) is 12.2 Å². The number of hydrogen-bond donors (Lipinski definition) is 0. The Labute approximate surface area is 130 Å². The number of hydrogen-bond acceptors (Lipinski definition) is 4. The molecule has 2 heterocycles. The van der Waals surface area contributed by atoms with Gasteiger partial charge < -0.3 is 4.42 Å². The molecule has 3 rings (SSSR count). The van der Waals surface area contributed by atoms with E-state index in [1.807, 2.05) is 41.8 Å². The topological polar surface area (TPSA) is 43.1 Å². The number of rotatable bonds is 6. The number of benzene rings is 1. The van der Waals surface area contributed by atoms with E-state index in [-0.39, 0.29) is 0 Å². The minimum Gasteiger partial charge on any atom is -0.444 e. The second-order valence-electron chi connectivity index (χ2n) is 4.63. The maximum atomic E-state index is 12.1. The molecule has 0 amide bonds. The van der Waals surface area contributed by atoms with Crippen molar-refractivity contribution >= 4 is 22.1 Å². The van der Waals surface area contributed by atoms with Crippen LogP contribution in [0.5, 0.6) is 0 Å². The van der Waals surface area contributed by atoms with Crippen molar-refractivity contribution in [2.75, 3.05) is 5.75 Å². The summed E-state index contributed by atoms with van der Waals surface area (Å²) >= 11 is 1.70. The lowest BCUT2D eigenvalue weighted by molar-refractivity contribution is 0.573. The van der Waals surface area contributed by atoms with Gasteiger partial charge in [0.25, 0.3) is 0 Å². The van der Waals surface area contributed by atoms with Gasteiger partial charge in [0, 0.05) is 27.0 Å². The minimum absolute atomic E-state index is 0.446. The lowest BCUT2D eigenvalue weighted by Crippen LogP contribution is -2.03. The third kappa shape index (κ3) is 3.89. The normalized spacial score (nSPS) is 12.4. The summed E-state index contributed by atoms with van der Waals surface area (Å²) < 4.78 is 17.5. The largest absolute Gasteiger partial charge is 0.444 e. The zero-order chi connectivity index (χ0) is 14.5. The minimum atomic E-state index is -0.915. The monoisotopic (exact) mass is 317 g/mol. The van der Waals surface area contributed by atoms with E-state index in [9.17, 15) is 4.21 Å². The Morgan fingerprint density at radius 3 is 2.76 bits per heavy atom. The standard InChI is InChI=1S/C16H15NO2S2/c18-21(10-8-15-7-4-9-20-15)12-14-11-19-16(17-14)13-5-2-1-3-6-13/h1-7,9,11H,8,10,12H2. The first kappa shape index (κ1) is 14.2. The van der Waals surface area contributed by atoms with Crippen LogP contribution in [-0.4, -0.2) is 14.9 Å². The van der Waals surface area contributed by atoms with Crippen LogP contribution in [0, 0.1) is 0 Å². The van der Waals surface area contributed by atoms with E-state index in [2.05, 4.69) is 11.1 Å². The lowest BCUT2D eigenvalue weighted by atomic mass is 10.2. The molecule has 0 spiro atoms. The fraction of sp³-hybridized carbons (Fsp3) is 0.188. The van der Waals surface area contributed by atoms with Crippen LogP contribution < -0.4 is 0 Å². The second kappa shape index (κ2) is 6.83. The summed E-state index contributed by atoms with van der Waals surface area (Å²) in [5, 5.41) is 2.04. The van der Waals surface area contributed by atoms with Crippen molar-refractivity contribution in [3.8, 4) is 11.5 Å². The van der Waals surface area contributed by atoms with Gasteiger partial charge in [-0.1, -0.05) is 24.3 Å². The van der Waals surface area contributed by atoms with Gasteiger partial charge in [-0.2, -0.15) is 0 Å². The molecule has 1 atom stereocenters. The molecule has 0 fully saturated rings. The van der Waals surface area contributed by atoms with Gasteiger partial charge in [0.05, 0.1) is 11.4 Å². The molecular formula is C16H15NO2S2. The van der Waals surface area contributed by atoms with Crippen LogP contribution in [0.25, 0.3) is 11.5 Å². The second-order valence-corrected chi connectivity index (χ2v) is 7.24. The van der Waals surface area contributed by atoms with Gasteiger partial charge in [-0.15, -0.1) is 11.3 Å². The van der Waals surface area contributed by atoms with E-state index in [1.165, 1.54) is 4.88 Å². The third-order valence-corrected chi connectivity index (χ3v) is 5.25. The third-order valence-electron chi connectivity index (χ3n) is 3.04. The molecule has 21 heavy (non-hydrogen) atoms. The highest BCUT2D eigenvalue weighted by molar-refractivity contribution is 7.84. The van der Waals surface area contributed by atoms with Crippen LogP contribution in [0.15, 0.2) is 58.5 Å². The van der Waals surface area contributed by atoms with Crippen molar-refractivity contribution in [2.24, 2.45) is 0 Å². The molecule has 0 bridgehead atoms. The van der Waals surface area contributed by atoms with E-state index in [4.69, 9.17) is 4.42 Å². The molecule has 0 aliphatic heterocycles. The van der Waals surface area contributed by atoms with Crippen molar-refractivity contribution < 1.29 is 8.63 Å². The smallest absolute Gasteiger partial charge is 0.226 e. The molecule has 2 aromatic heterocycles. The predicted octanol–water partition coefficient (Wildman–Crippen LogP) is 3.89. The molecule has 3 nitrogen and oxygen atoms in total. The first-order valence-corrected chi connectivity index (χ1v) is 9.05. The Bertz CT molecular complexity index is 705. The van der Waals surface area contributed by atoms with E-state index < -0.39 is 10.8 Å². The Morgan fingerprint density at radius 1 is 1.14 bits per heavy atom. The SMILES string of the molecule is O=S(CCc1cccs1)Cc1coc(-c2ccccc2)n1. The van der Waals surface area contributed by atoms with E-state index in [1.54, 1.807) is 17.6 Å². The molecular weight excluding hydrogens is 302 g/mol. The van der Waals surface area contributed by atoms with Crippen LogP contribution in [0.2, 0.25) is 0 Å². The number of thiophene rings is 1. The summed E-state index contributed by atoms with van der Waals surface area (Å²) in [6.07, 6.45) is 2.46. The van der Waals surface area contributed by atoms with Crippen LogP contribution in [0.3, 0.4) is 0 Å². The van der Waals surface area contributed by atoms with Gasteiger partial charge in [-0.25, -0.2) is 4.98 Å². The summed E-state index contributed by atoms with van der Waals surface area (Å²) in [5.41, 5.74) is 1.69. The quantitative estimate of drug-likeness (QED) is 0.692. The molecule has 0 saturated heterocycles. The van der Waals surface area contributed by atoms with Crippen molar-refractivity contribution in [1.82, 2.24) is 4.98 Å². The van der Waals surface area contributed by atoms with Gasteiger partial charge in [0.1, 0.15) is 6.26 Å². The first-order chi connectivity index (χ1) is 10.3. The van der Waals surface area contributed by atoms with Crippen molar-refractivity contribution in [3.05, 3.63) is 64.7 Å². The summed E-state index contributed by atoms with van der Waals surface area (Å²) in [5.74, 6) is 1.69. The summed E-state index contributed by atoms with van der Waals surface area (Å²) in [6.45, 7) is 0. The molecule has 5 heteroatoms. The summed E-state index contributed by atoms with van der Waals surface area (Å²) in [6, 6.07) is 13.8. The molecule has 1 unspecified atom stereocenters. The molecule has 3 aromatic rings. The van der Waals surface area contributed by atoms with Gasteiger partial charge in [-0.3, -0.25) is 4.21 Å². The predicted molar refractivity (Wildman–Crippen MR) is 86.7 cm³/mol. The Balaban J connectivity index is 1.58. The fourth-order valence-electron chi connectivity index (χ4n) is 1.99. The highest BCUT2D eigenvalue weighted by atomic mass is 32.2. The van der Waals surface area contributed by atoms with Crippen LogP contribution in [0.4, 0.5) is 0 Å². The molecule has 108 valence electrons.